The van der Waals surface area contributed by atoms with Gasteiger partial charge in [-0.3, -0.25) is 9.59 Å². The quantitative estimate of drug-likeness (QED) is 0.757. The van der Waals surface area contributed by atoms with E-state index >= 15 is 0 Å². The number of carbonyl (C=O) groups is 2. The fraction of sp³-hybridized carbons (Fsp3) is 0.333. The third kappa shape index (κ3) is 4.59. The van der Waals surface area contributed by atoms with Gasteiger partial charge >= 0.3 is 5.97 Å². The lowest BCUT2D eigenvalue weighted by atomic mass is 9.93. The van der Waals surface area contributed by atoms with Crippen LogP contribution in [0.3, 0.4) is 0 Å². The lowest BCUT2D eigenvalue weighted by molar-refractivity contribution is -0.138. The second-order valence-electron chi connectivity index (χ2n) is 3.82. The van der Waals surface area contributed by atoms with Gasteiger partial charge in [-0.2, -0.15) is 0 Å². The van der Waals surface area contributed by atoms with E-state index in [1.54, 1.807) is 0 Å². The van der Waals surface area contributed by atoms with Gasteiger partial charge in [-0.05, 0) is 17.9 Å². The molecule has 0 saturated carbocycles. The molecular weight excluding hydrogens is 206 g/mol. The molecule has 0 aliphatic heterocycles. The van der Waals surface area contributed by atoms with Crippen LogP contribution >= 0.6 is 0 Å². The van der Waals surface area contributed by atoms with Crippen LogP contribution in [0.2, 0.25) is 0 Å². The number of carboxylic acid groups (broad SMARTS) is 1. The van der Waals surface area contributed by atoms with Gasteiger partial charge in [0.25, 0.3) is 0 Å². The summed E-state index contributed by atoms with van der Waals surface area (Å²) >= 11 is 0. The maximum atomic E-state index is 10.8. The average molecular weight is 221 g/mol. The summed E-state index contributed by atoms with van der Waals surface area (Å²) in [4.78, 5) is 21.4. The first-order valence-corrected chi connectivity index (χ1v) is 5.12. The highest BCUT2D eigenvalue weighted by molar-refractivity contribution is 5.75. The molecule has 4 heteroatoms. The molecule has 0 fully saturated rings. The fourth-order valence-corrected chi connectivity index (χ4v) is 1.70. The van der Waals surface area contributed by atoms with Crippen molar-refractivity contribution in [2.24, 2.45) is 11.7 Å². The van der Waals surface area contributed by atoms with Gasteiger partial charge in [0.05, 0.1) is 0 Å². The Morgan fingerprint density at radius 1 is 1.19 bits per heavy atom. The molecule has 1 amide bonds. The maximum Gasteiger partial charge on any atom is 0.303 e. The fourth-order valence-electron chi connectivity index (χ4n) is 1.70. The van der Waals surface area contributed by atoms with Crippen LogP contribution in [0.5, 0.6) is 0 Å². The molecule has 0 bridgehead atoms. The summed E-state index contributed by atoms with van der Waals surface area (Å²) in [6.07, 6.45) is 0.648. The summed E-state index contributed by atoms with van der Waals surface area (Å²) in [7, 11) is 0. The number of hydrogen-bond acceptors (Lipinski definition) is 2. The minimum Gasteiger partial charge on any atom is -0.481 e. The van der Waals surface area contributed by atoms with Crippen molar-refractivity contribution in [3.8, 4) is 0 Å². The molecule has 1 rings (SSSR count). The number of amides is 1. The lowest BCUT2D eigenvalue weighted by Crippen LogP contribution is -2.20. The van der Waals surface area contributed by atoms with Crippen molar-refractivity contribution in [1.82, 2.24) is 0 Å². The smallest absolute Gasteiger partial charge is 0.303 e. The lowest BCUT2D eigenvalue weighted by Gasteiger charge is -2.12. The highest BCUT2D eigenvalue weighted by atomic mass is 16.4. The van der Waals surface area contributed by atoms with Gasteiger partial charge in [0.15, 0.2) is 0 Å². The molecule has 0 heterocycles. The van der Waals surface area contributed by atoms with Gasteiger partial charge in [0, 0.05) is 12.8 Å². The van der Waals surface area contributed by atoms with Crippen molar-refractivity contribution in [1.29, 1.82) is 0 Å². The van der Waals surface area contributed by atoms with Crippen molar-refractivity contribution in [2.45, 2.75) is 19.3 Å². The van der Waals surface area contributed by atoms with E-state index in [-0.39, 0.29) is 18.8 Å². The van der Waals surface area contributed by atoms with E-state index < -0.39 is 11.9 Å². The third-order valence-corrected chi connectivity index (χ3v) is 2.32. The summed E-state index contributed by atoms with van der Waals surface area (Å²) in [5.41, 5.74) is 6.11. The van der Waals surface area contributed by atoms with E-state index in [2.05, 4.69) is 0 Å². The number of primary amides is 1. The number of nitrogens with two attached hydrogens (primary N) is 1. The molecule has 1 aromatic carbocycles. The summed E-state index contributed by atoms with van der Waals surface area (Å²) in [6.45, 7) is 0. The SMILES string of the molecule is NC(=O)CC(CC(=O)O)Cc1ccccc1. The highest BCUT2D eigenvalue weighted by Crippen LogP contribution is 2.15. The van der Waals surface area contributed by atoms with Crippen molar-refractivity contribution < 1.29 is 14.7 Å². The molecule has 0 spiro atoms. The molecule has 3 N–H and O–H groups in total. The van der Waals surface area contributed by atoms with Crippen LogP contribution in [-0.2, 0) is 16.0 Å². The summed E-state index contributed by atoms with van der Waals surface area (Å²) < 4.78 is 0. The Hall–Kier alpha value is -1.84. The third-order valence-electron chi connectivity index (χ3n) is 2.32. The Labute approximate surface area is 94.1 Å². The molecule has 1 atom stereocenters. The molecule has 0 aromatic heterocycles. The summed E-state index contributed by atoms with van der Waals surface area (Å²) in [6, 6.07) is 9.49. The largest absolute Gasteiger partial charge is 0.481 e. The Bertz CT molecular complexity index is 346. The van der Waals surface area contributed by atoms with Crippen LogP contribution in [-0.4, -0.2) is 17.0 Å². The molecule has 0 saturated heterocycles. The molecular formula is C12H15NO3. The van der Waals surface area contributed by atoms with Gasteiger partial charge < -0.3 is 10.8 Å². The normalized spacial score (nSPS) is 12.0. The molecule has 0 radical (unpaired) electrons. The topological polar surface area (TPSA) is 80.4 Å². The van der Waals surface area contributed by atoms with Crippen LogP contribution in [0.15, 0.2) is 30.3 Å². The first kappa shape index (κ1) is 12.2. The highest BCUT2D eigenvalue weighted by Gasteiger charge is 2.16. The van der Waals surface area contributed by atoms with Crippen molar-refractivity contribution in [3.63, 3.8) is 0 Å². The molecule has 86 valence electrons. The van der Waals surface area contributed by atoms with E-state index in [9.17, 15) is 9.59 Å². The van der Waals surface area contributed by atoms with E-state index in [1.807, 2.05) is 30.3 Å². The number of carboxylic acids is 1. The molecule has 4 nitrogen and oxygen atoms in total. The van der Waals surface area contributed by atoms with E-state index in [4.69, 9.17) is 10.8 Å². The van der Waals surface area contributed by atoms with Crippen molar-refractivity contribution in [2.75, 3.05) is 0 Å². The Morgan fingerprint density at radius 3 is 2.31 bits per heavy atom. The number of rotatable bonds is 6. The van der Waals surface area contributed by atoms with Gasteiger partial charge in [-0.15, -0.1) is 0 Å². The summed E-state index contributed by atoms with van der Waals surface area (Å²) in [5, 5.41) is 8.72. The predicted molar refractivity (Wildman–Crippen MR) is 59.7 cm³/mol. The van der Waals surface area contributed by atoms with Crippen molar-refractivity contribution in [3.05, 3.63) is 35.9 Å². The van der Waals surface area contributed by atoms with Crippen LogP contribution in [0.4, 0.5) is 0 Å². The predicted octanol–water partition coefficient (Wildman–Crippen LogP) is 1.20. The summed E-state index contributed by atoms with van der Waals surface area (Å²) in [5.74, 6) is -1.58. The van der Waals surface area contributed by atoms with Gasteiger partial charge in [0.2, 0.25) is 5.91 Å². The van der Waals surface area contributed by atoms with Crippen LogP contribution in [0, 0.1) is 5.92 Å². The molecule has 1 aromatic rings. The monoisotopic (exact) mass is 221 g/mol. The average Bonchev–Trinajstić information content (AvgIpc) is 2.16. The number of hydrogen-bond donors (Lipinski definition) is 2. The molecule has 1 unspecified atom stereocenters. The second-order valence-corrected chi connectivity index (χ2v) is 3.82. The molecule has 0 aliphatic carbocycles. The minimum atomic E-state index is -0.901. The van der Waals surface area contributed by atoms with E-state index in [0.29, 0.717) is 6.42 Å². The van der Waals surface area contributed by atoms with E-state index in [1.165, 1.54) is 0 Å². The standard InChI is InChI=1S/C12H15NO3/c13-11(14)7-10(8-12(15)16)6-9-4-2-1-3-5-9/h1-5,10H,6-8H2,(H2,13,14)(H,15,16). The zero-order chi connectivity index (χ0) is 12.0. The number of carbonyl (C=O) groups excluding carboxylic acids is 1. The maximum absolute atomic E-state index is 10.8. The minimum absolute atomic E-state index is 0.0299. The van der Waals surface area contributed by atoms with Crippen molar-refractivity contribution >= 4 is 11.9 Å². The van der Waals surface area contributed by atoms with Crippen LogP contribution in [0.1, 0.15) is 18.4 Å². The van der Waals surface area contributed by atoms with Crippen LogP contribution < -0.4 is 5.73 Å². The molecule has 16 heavy (non-hydrogen) atoms. The first-order valence-electron chi connectivity index (χ1n) is 5.12. The van der Waals surface area contributed by atoms with Gasteiger partial charge in [-0.25, -0.2) is 0 Å². The number of aliphatic carboxylic acids is 1. The van der Waals surface area contributed by atoms with Crippen LogP contribution in [0.25, 0.3) is 0 Å². The van der Waals surface area contributed by atoms with Gasteiger partial charge in [-0.1, -0.05) is 30.3 Å². The molecule has 0 aliphatic rings. The Morgan fingerprint density at radius 2 is 1.81 bits per heavy atom. The second kappa shape index (κ2) is 5.90. The zero-order valence-corrected chi connectivity index (χ0v) is 8.93. The Kier molecular flexibility index (Phi) is 4.51. The van der Waals surface area contributed by atoms with Gasteiger partial charge in [0.1, 0.15) is 0 Å². The zero-order valence-electron chi connectivity index (χ0n) is 8.93. The number of benzene rings is 1. The Balaban J connectivity index is 2.63. The van der Waals surface area contributed by atoms with E-state index in [0.717, 1.165) is 5.56 Å². The first-order chi connectivity index (χ1) is 7.58.